The van der Waals surface area contributed by atoms with E-state index in [1.54, 1.807) is 0 Å². The quantitative estimate of drug-likeness (QED) is 0.707. The van der Waals surface area contributed by atoms with Crippen molar-refractivity contribution >= 4 is 0 Å². The number of hydrogen-bond acceptors (Lipinski definition) is 3. The van der Waals surface area contributed by atoms with E-state index < -0.39 is 0 Å². The summed E-state index contributed by atoms with van der Waals surface area (Å²) in [6.45, 7) is 2.72. The third-order valence-electron chi connectivity index (χ3n) is 2.48. The number of nitrogens with zero attached hydrogens (tertiary/aromatic N) is 2. The minimum atomic E-state index is 0.271. The van der Waals surface area contributed by atoms with Gasteiger partial charge in [-0.1, -0.05) is 6.92 Å². The van der Waals surface area contributed by atoms with Crippen LogP contribution in [0.5, 0.6) is 0 Å². The molecule has 0 unspecified atom stereocenters. The monoisotopic (exact) mass is 163 g/mol. The van der Waals surface area contributed by atoms with Gasteiger partial charge in [0, 0.05) is 29.9 Å². The van der Waals surface area contributed by atoms with Crippen LogP contribution in [0.1, 0.15) is 31.2 Å². The number of aromatic nitrogens is 2. The van der Waals surface area contributed by atoms with Gasteiger partial charge in [-0.05, 0) is 12.8 Å². The SMILES string of the molecule is CC1(c2ncc(CN)cn2)CC1. The van der Waals surface area contributed by atoms with Crippen LogP contribution in [-0.2, 0) is 12.0 Å². The first kappa shape index (κ1) is 7.68. The molecule has 0 atom stereocenters. The topological polar surface area (TPSA) is 51.8 Å². The lowest BCUT2D eigenvalue weighted by Crippen LogP contribution is -2.08. The lowest BCUT2D eigenvalue weighted by atomic mass is 10.1. The van der Waals surface area contributed by atoms with E-state index in [2.05, 4.69) is 16.9 Å². The summed E-state index contributed by atoms with van der Waals surface area (Å²) in [5.74, 6) is 0.972. The van der Waals surface area contributed by atoms with E-state index in [9.17, 15) is 0 Å². The van der Waals surface area contributed by atoms with Crippen molar-refractivity contribution in [3.05, 3.63) is 23.8 Å². The molecule has 12 heavy (non-hydrogen) atoms. The molecule has 0 saturated heterocycles. The molecule has 1 aromatic rings. The second-order valence-electron chi connectivity index (χ2n) is 3.68. The van der Waals surface area contributed by atoms with Crippen LogP contribution >= 0.6 is 0 Å². The van der Waals surface area contributed by atoms with Crippen LogP contribution in [0, 0.1) is 0 Å². The van der Waals surface area contributed by atoms with E-state index in [4.69, 9.17) is 5.73 Å². The molecule has 1 saturated carbocycles. The van der Waals surface area contributed by atoms with Gasteiger partial charge >= 0.3 is 0 Å². The average Bonchev–Trinajstić information content (AvgIpc) is 2.85. The van der Waals surface area contributed by atoms with Gasteiger partial charge in [-0.15, -0.1) is 0 Å². The Bertz CT molecular complexity index is 274. The Balaban J connectivity index is 2.25. The minimum absolute atomic E-state index is 0.271. The Morgan fingerprint density at radius 1 is 1.42 bits per heavy atom. The molecule has 1 aromatic heterocycles. The standard InChI is InChI=1S/C9H13N3/c1-9(2-3-9)8-11-5-7(4-10)6-12-8/h5-6H,2-4,10H2,1H3. The predicted molar refractivity (Wildman–Crippen MR) is 46.5 cm³/mol. The van der Waals surface area contributed by atoms with Gasteiger partial charge in [0.05, 0.1) is 0 Å². The Labute approximate surface area is 72.0 Å². The van der Waals surface area contributed by atoms with E-state index in [1.165, 1.54) is 12.8 Å². The fraction of sp³-hybridized carbons (Fsp3) is 0.556. The molecular formula is C9H13N3. The molecule has 0 spiro atoms. The summed E-state index contributed by atoms with van der Waals surface area (Å²) >= 11 is 0. The van der Waals surface area contributed by atoms with Gasteiger partial charge in [0.1, 0.15) is 5.82 Å². The smallest absolute Gasteiger partial charge is 0.134 e. The van der Waals surface area contributed by atoms with E-state index in [1.807, 2.05) is 12.4 Å². The van der Waals surface area contributed by atoms with Crippen LogP contribution in [0.2, 0.25) is 0 Å². The summed E-state index contributed by atoms with van der Waals surface area (Å²) in [7, 11) is 0. The molecule has 0 aromatic carbocycles. The Kier molecular flexibility index (Phi) is 1.61. The third-order valence-corrected chi connectivity index (χ3v) is 2.48. The summed E-state index contributed by atoms with van der Waals surface area (Å²) in [5, 5.41) is 0. The first-order valence-corrected chi connectivity index (χ1v) is 4.26. The molecule has 1 aliphatic rings. The fourth-order valence-electron chi connectivity index (χ4n) is 1.18. The third kappa shape index (κ3) is 1.20. The second kappa shape index (κ2) is 2.52. The zero-order valence-corrected chi connectivity index (χ0v) is 7.25. The number of hydrogen-bond donors (Lipinski definition) is 1. The van der Waals surface area contributed by atoms with Crippen LogP contribution in [0.4, 0.5) is 0 Å². The van der Waals surface area contributed by atoms with Gasteiger partial charge in [0.25, 0.3) is 0 Å². The van der Waals surface area contributed by atoms with Crippen molar-refractivity contribution in [1.29, 1.82) is 0 Å². The van der Waals surface area contributed by atoms with E-state index in [0.717, 1.165) is 11.4 Å². The summed E-state index contributed by atoms with van der Waals surface area (Å²) in [6, 6.07) is 0. The van der Waals surface area contributed by atoms with Gasteiger partial charge < -0.3 is 5.73 Å². The summed E-state index contributed by atoms with van der Waals surface area (Å²) in [6.07, 6.45) is 6.09. The summed E-state index contributed by atoms with van der Waals surface area (Å²) in [4.78, 5) is 8.58. The number of rotatable bonds is 2. The van der Waals surface area contributed by atoms with E-state index in [-0.39, 0.29) is 5.41 Å². The van der Waals surface area contributed by atoms with Crippen LogP contribution in [0.15, 0.2) is 12.4 Å². The molecule has 0 amide bonds. The maximum absolute atomic E-state index is 5.44. The lowest BCUT2D eigenvalue weighted by molar-refractivity contribution is 0.704. The fourth-order valence-corrected chi connectivity index (χ4v) is 1.18. The average molecular weight is 163 g/mol. The molecule has 0 radical (unpaired) electrons. The highest BCUT2D eigenvalue weighted by molar-refractivity contribution is 5.17. The van der Waals surface area contributed by atoms with Crippen molar-refractivity contribution in [1.82, 2.24) is 9.97 Å². The van der Waals surface area contributed by atoms with E-state index in [0.29, 0.717) is 6.54 Å². The van der Waals surface area contributed by atoms with Crippen molar-refractivity contribution < 1.29 is 0 Å². The first-order chi connectivity index (χ1) is 5.74. The van der Waals surface area contributed by atoms with Crippen molar-refractivity contribution in [2.24, 2.45) is 5.73 Å². The summed E-state index contributed by atoms with van der Waals surface area (Å²) in [5.41, 5.74) is 6.72. The molecule has 2 rings (SSSR count). The molecule has 0 bridgehead atoms. The second-order valence-corrected chi connectivity index (χ2v) is 3.68. The van der Waals surface area contributed by atoms with Gasteiger partial charge in [0.15, 0.2) is 0 Å². The molecule has 1 aliphatic carbocycles. The van der Waals surface area contributed by atoms with Gasteiger partial charge in [-0.25, -0.2) is 9.97 Å². The minimum Gasteiger partial charge on any atom is -0.326 e. The molecule has 1 fully saturated rings. The number of nitrogens with two attached hydrogens (primary N) is 1. The van der Waals surface area contributed by atoms with Gasteiger partial charge in [-0.3, -0.25) is 0 Å². The molecule has 64 valence electrons. The van der Waals surface area contributed by atoms with Gasteiger partial charge in [-0.2, -0.15) is 0 Å². The zero-order valence-electron chi connectivity index (χ0n) is 7.25. The van der Waals surface area contributed by atoms with E-state index >= 15 is 0 Å². The Morgan fingerprint density at radius 3 is 2.42 bits per heavy atom. The van der Waals surface area contributed by atoms with Crippen LogP contribution in [0.3, 0.4) is 0 Å². The van der Waals surface area contributed by atoms with Crippen molar-refractivity contribution in [2.75, 3.05) is 0 Å². The maximum Gasteiger partial charge on any atom is 0.134 e. The molecule has 2 N–H and O–H groups in total. The van der Waals surface area contributed by atoms with Crippen LogP contribution in [-0.4, -0.2) is 9.97 Å². The highest BCUT2D eigenvalue weighted by atomic mass is 14.9. The van der Waals surface area contributed by atoms with Crippen LogP contribution < -0.4 is 5.73 Å². The molecular weight excluding hydrogens is 150 g/mol. The largest absolute Gasteiger partial charge is 0.326 e. The Hall–Kier alpha value is -0.960. The summed E-state index contributed by atoms with van der Waals surface area (Å²) < 4.78 is 0. The normalized spacial score (nSPS) is 19.2. The molecule has 3 heteroatoms. The molecule has 1 heterocycles. The van der Waals surface area contributed by atoms with Crippen LogP contribution in [0.25, 0.3) is 0 Å². The highest BCUT2D eigenvalue weighted by Crippen LogP contribution is 2.45. The highest BCUT2D eigenvalue weighted by Gasteiger charge is 2.41. The predicted octanol–water partition coefficient (Wildman–Crippen LogP) is 0.987. The first-order valence-electron chi connectivity index (χ1n) is 4.26. The molecule has 0 aliphatic heterocycles. The maximum atomic E-state index is 5.44. The van der Waals surface area contributed by atoms with Crippen molar-refractivity contribution in [2.45, 2.75) is 31.7 Å². The van der Waals surface area contributed by atoms with Crippen molar-refractivity contribution in [3.63, 3.8) is 0 Å². The van der Waals surface area contributed by atoms with Crippen molar-refractivity contribution in [3.8, 4) is 0 Å². The van der Waals surface area contributed by atoms with Gasteiger partial charge in [0.2, 0.25) is 0 Å². The lowest BCUT2D eigenvalue weighted by Gasteiger charge is -2.05. The Morgan fingerprint density at radius 2 is 2.00 bits per heavy atom. The molecule has 3 nitrogen and oxygen atoms in total. The zero-order chi connectivity index (χ0) is 8.60.